The van der Waals surface area contributed by atoms with Crippen LogP contribution in [0.15, 0.2) is 24.5 Å². The van der Waals surface area contributed by atoms with Gasteiger partial charge in [-0.3, -0.25) is 9.48 Å². The summed E-state index contributed by atoms with van der Waals surface area (Å²) in [5.74, 6) is 0.738. The Morgan fingerprint density at radius 1 is 1.21 bits per heavy atom. The van der Waals surface area contributed by atoms with E-state index in [-0.39, 0.29) is 12.3 Å². The number of aliphatic hydroxyl groups excluding tert-OH is 1. The Morgan fingerprint density at radius 3 is 2.46 bits per heavy atom. The van der Waals surface area contributed by atoms with Crippen molar-refractivity contribution in [3.63, 3.8) is 0 Å². The third kappa shape index (κ3) is 2.92. The normalized spacial score (nSPS) is 12.5. The van der Waals surface area contributed by atoms with Gasteiger partial charge in [-0.2, -0.15) is 5.10 Å². The first-order valence-electron chi connectivity index (χ1n) is 7.84. The van der Waals surface area contributed by atoms with E-state index in [1.165, 1.54) is 6.92 Å². The zero-order valence-electron chi connectivity index (χ0n) is 14.2. The number of fused-ring (bicyclic) bond motifs is 1. The molecule has 0 aliphatic carbocycles. The summed E-state index contributed by atoms with van der Waals surface area (Å²) in [7, 11) is 0. The van der Waals surface area contributed by atoms with Crippen molar-refractivity contribution in [2.75, 3.05) is 0 Å². The summed E-state index contributed by atoms with van der Waals surface area (Å²) in [4.78, 5) is 20.0. The van der Waals surface area contributed by atoms with Crippen LogP contribution in [0.4, 0.5) is 0 Å². The van der Waals surface area contributed by atoms with Crippen molar-refractivity contribution in [3.05, 3.63) is 41.6 Å². The van der Waals surface area contributed by atoms with Crippen LogP contribution in [0.3, 0.4) is 0 Å². The molecule has 3 rings (SSSR count). The second kappa shape index (κ2) is 6.13. The van der Waals surface area contributed by atoms with Crippen molar-refractivity contribution in [1.29, 1.82) is 0 Å². The quantitative estimate of drug-likeness (QED) is 0.798. The number of carbonyl (C=O) groups excluding carboxylic acids is 1. The van der Waals surface area contributed by atoms with Gasteiger partial charge in [-0.1, -0.05) is 0 Å². The van der Waals surface area contributed by atoms with Gasteiger partial charge in [0, 0.05) is 23.3 Å². The maximum Gasteiger partial charge on any atom is 0.151 e. The minimum Gasteiger partial charge on any atom is -0.387 e. The van der Waals surface area contributed by atoms with Crippen molar-refractivity contribution in [2.24, 2.45) is 0 Å². The summed E-state index contributed by atoms with van der Waals surface area (Å²) in [6.45, 7) is 7.22. The Labute approximate surface area is 140 Å². The molecule has 3 aromatic rings. The highest BCUT2D eigenvalue weighted by molar-refractivity contribution is 5.91. The highest BCUT2D eigenvalue weighted by atomic mass is 16.3. The fraction of sp³-hybridized carbons (Fsp3) is 0.333. The average molecular weight is 324 g/mol. The molecular weight excluding hydrogens is 304 g/mol. The molecule has 24 heavy (non-hydrogen) atoms. The maximum atomic E-state index is 11.5. The van der Waals surface area contributed by atoms with Crippen LogP contribution >= 0.6 is 0 Å². The molecule has 1 atom stereocenters. The fourth-order valence-corrected chi connectivity index (χ4v) is 2.89. The van der Waals surface area contributed by atoms with E-state index in [0.717, 1.165) is 33.4 Å². The topological polar surface area (TPSA) is 80.9 Å². The second-order valence-corrected chi connectivity index (χ2v) is 6.13. The first-order chi connectivity index (χ1) is 11.4. The van der Waals surface area contributed by atoms with E-state index in [2.05, 4.69) is 15.1 Å². The summed E-state index contributed by atoms with van der Waals surface area (Å²) in [5.41, 5.74) is 4.30. The van der Waals surface area contributed by atoms with Crippen LogP contribution in [0, 0.1) is 13.8 Å². The van der Waals surface area contributed by atoms with Crippen LogP contribution in [0.2, 0.25) is 0 Å². The summed E-state index contributed by atoms with van der Waals surface area (Å²) in [6, 6.07) is 4.00. The molecule has 0 bridgehead atoms. The maximum absolute atomic E-state index is 11.5. The molecule has 0 fully saturated rings. The number of carbonyl (C=O) groups is 1. The Kier molecular flexibility index (Phi) is 4.15. The first-order valence-corrected chi connectivity index (χ1v) is 7.84. The predicted molar refractivity (Wildman–Crippen MR) is 91.5 cm³/mol. The van der Waals surface area contributed by atoms with Crippen LogP contribution in [0.5, 0.6) is 0 Å². The number of benzene rings is 1. The Hall–Kier alpha value is -2.60. The molecule has 0 aliphatic heterocycles. The van der Waals surface area contributed by atoms with Crippen LogP contribution in [0.1, 0.15) is 37.0 Å². The van der Waals surface area contributed by atoms with Gasteiger partial charge in [-0.15, -0.1) is 0 Å². The van der Waals surface area contributed by atoms with Gasteiger partial charge < -0.3 is 5.11 Å². The van der Waals surface area contributed by atoms with E-state index in [9.17, 15) is 9.90 Å². The third-order valence-corrected chi connectivity index (χ3v) is 3.95. The molecule has 0 amide bonds. The number of hydrogen-bond donors (Lipinski definition) is 1. The van der Waals surface area contributed by atoms with Gasteiger partial charge >= 0.3 is 0 Å². The van der Waals surface area contributed by atoms with Gasteiger partial charge in [0.1, 0.15) is 5.82 Å². The molecule has 6 nitrogen and oxygen atoms in total. The zero-order valence-corrected chi connectivity index (χ0v) is 14.2. The average Bonchev–Trinajstić information content (AvgIpc) is 2.86. The largest absolute Gasteiger partial charge is 0.387 e. The minimum atomic E-state index is -0.718. The lowest BCUT2D eigenvalue weighted by Crippen LogP contribution is -2.09. The smallest absolute Gasteiger partial charge is 0.151 e. The van der Waals surface area contributed by atoms with E-state index < -0.39 is 6.10 Å². The molecule has 0 aliphatic rings. The summed E-state index contributed by atoms with van der Waals surface area (Å²) in [6.07, 6.45) is 2.85. The lowest BCUT2D eigenvalue weighted by atomic mass is 10.0. The SMILES string of the molecule is CC(=O)Cn1nc(C(C)O)c2cc(-c3cnc(C)nc3)cc(C)c21. The van der Waals surface area contributed by atoms with Crippen molar-refractivity contribution < 1.29 is 9.90 Å². The Morgan fingerprint density at radius 2 is 1.88 bits per heavy atom. The lowest BCUT2D eigenvalue weighted by molar-refractivity contribution is -0.117. The monoisotopic (exact) mass is 324 g/mol. The molecule has 0 radical (unpaired) electrons. The fourth-order valence-electron chi connectivity index (χ4n) is 2.89. The molecule has 1 aromatic carbocycles. The molecule has 2 heterocycles. The molecule has 124 valence electrons. The number of aryl methyl sites for hydroxylation is 2. The zero-order chi connectivity index (χ0) is 17.4. The molecule has 2 aromatic heterocycles. The van der Waals surface area contributed by atoms with Crippen LogP contribution in [0.25, 0.3) is 22.0 Å². The van der Waals surface area contributed by atoms with Crippen molar-refractivity contribution in [2.45, 2.75) is 40.3 Å². The highest BCUT2D eigenvalue weighted by Crippen LogP contribution is 2.31. The molecular formula is C18H20N4O2. The van der Waals surface area contributed by atoms with Crippen LogP contribution in [-0.2, 0) is 11.3 Å². The summed E-state index contributed by atoms with van der Waals surface area (Å²) < 4.78 is 1.67. The first kappa shape index (κ1) is 16.3. The summed E-state index contributed by atoms with van der Waals surface area (Å²) in [5, 5.41) is 15.4. The van der Waals surface area contributed by atoms with E-state index in [0.29, 0.717) is 5.69 Å². The highest BCUT2D eigenvalue weighted by Gasteiger charge is 2.18. The van der Waals surface area contributed by atoms with Gasteiger partial charge in [0.15, 0.2) is 5.78 Å². The molecule has 1 unspecified atom stereocenters. The van der Waals surface area contributed by atoms with Gasteiger partial charge in [0.2, 0.25) is 0 Å². The van der Waals surface area contributed by atoms with Gasteiger partial charge in [0.25, 0.3) is 0 Å². The molecule has 0 spiro atoms. The Balaban J connectivity index is 2.24. The number of rotatable bonds is 4. The molecule has 1 N–H and O–H groups in total. The standard InChI is InChI=1S/C18H20N4O2/c1-10-5-14(15-7-19-13(4)20-8-15)6-16-17(12(3)24)21-22(18(10)16)9-11(2)23/h5-8,12,24H,9H2,1-4H3. The van der Waals surface area contributed by atoms with Crippen LogP contribution < -0.4 is 0 Å². The molecule has 0 saturated carbocycles. The molecule has 0 saturated heterocycles. The number of aromatic nitrogens is 4. The van der Waals surface area contributed by atoms with E-state index in [1.54, 1.807) is 24.0 Å². The molecule has 6 heteroatoms. The Bertz CT molecular complexity index is 911. The lowest BCUT2D eigenvalue weighted by Gasteiger charge is -2.07. The van der Waals surface area contributed by atoms with Gasteiger partial charge in [-0.25, -0.2) is 9.97 Å². The number of Topliss-reactive ketones (excluding diaryl/α,β-unsaturated/α-hetero) is 1. The van der Waals surface area contributed by atoms with E-state index in [1.807, 2.05) is 26.0 Å². The number of hydrogen-bond acceptors (Lipinski definition) is 5. The van der Waals surface area contributed by atoms with E-state index >= 15 is 0 Å². The van der Waals surface area contributed by atoms with Crippen molar-refractivity contribution in [3.8, 4) is 11.1 Å². The van der Waals surface area contributed by atoms with Gasteiger partial charge in [0.05, 0.1) is 23.9 Å². The number of ketones is 1. The summed E-state index contributed by atoms with van der Waals surface area (Å²) >= 11 is 0. The number of nitrogens with zero attached hydrogens (tertiary/aromatic N) is 4. The van der Waals surface area contributed by atoms with Gasteiger partial charge in [-0.05, 0) is 51.0 Å². The van der Waals surface area contributed by atoms with Crippen LogP contribution in [-0.4, -0.2) is 30.6 Å². The van der Waals surface area contributed by atoms with E-state index in [4.69, 9.17) is 0 Å². The number of aliphatic hydroxyl groups is 1. The third-order valence-electron chi connectivity index (χ3n) is 3.95. The minimum absolute atomic E-state index is 0.0203. The van der Waals surface area contributed by atoms with Crippen molar-refractivity contribution >= 4 is 16.7 Å². The van der Waals surface area contributed by atoms with Crippen molar-refractivity contribution in [1.82, 2.24) is 19.7 Å². The second-order valence-electron chi connectivity index (χ2n) is 6.13. The predicted octanol–water partition coefficient (Wildman–Crippen LogP) is 2.75.